The maximum Gasteiger partial charge on any atom is 0.223 e. The van der Waals surface area contributed by atoms with Crippen molar-refractivity contribution in [3.8, 4) is 0 Å². The average Bonchev–Trinajstić information content (AvgIpc) is 2.86. The number of fused-ring (bicyclic) bond motifs is 1. The van der Waals surface area contributed by atoms with Crippen molar-refractivity contribution < 1.29 is 4.79 Å². The molecule has 1 unspecified atom stereocenters. The second-order valence-electron chi connectivity index (χ2n) is 4.10. The highest BCUT2D eigenvalue weighted by molar-refractivity contribution is 6.99. The number of hydrogen-bond acceptors (Lipinski definition) is 5. The molecule has 1 amide bonds. The van der Waals surface area contributed by atoms with Crippen LogP contribution in [-0.4, -0.2) is 45.2 Å². The lowest BCUT2D eigenvalue weighted by Gasteiger charge is -2.37. The molecule has 0 aliphatic carbocycles. The lowest BCUT2D eigenvalue weighted by molar-refractivity contribution is -0.129. The van der Waals surface area contributed by atoms with Crippen molar-refractivity contribution >= 4 is 35.1 Å². The van der Waals surface area contributed by atoms with Crippen LogP contribution in [0.4, 0.5) is 5.82 Å². The molecule has 0 N–H and O–H groups in total. The predicted molar refractivity (Wildman–Crippen MR) is 61.9 cm³/mol. The van der Waals surface area contributed by atoms with E-state index in [0.29, 0.717) is 17.6 Å². The topological polar surface area (TPSA) is 49.3 Å². The summed E-state index contributed by atoms with van der Waals surface area (Å²) in [6.45, 7) is 2.40. The molecule has 1 aromatic heterocycles. The molecule has 7 heteroatoms. The van der Waals surface area contributed by atoms with Crippen LogP contribution >= 0.6 is 23.3 Å². The molecule has 2 fully saturated rings. The Morgan fingerprint density at radius 3 is 3.00 bits per heavy atom. The Bertz CT molecular complexity index is 423. The summed E-state index contributed by atoms with van der Waals surface area (Å²) >= 11 is 7.09. The Labute approximate surface area is 102 Å². The summed E-state index contributed by atoms with van der Waals surface area (Å²) in [5, 5.41) is 0.475. The molecule has 2 aliphatic heterocycles. The highest BCUT2D eigenvalue weighted by Crippen LogP contribution is 2.29. The van der Waals surface area contributed by atoms with Gasteiger partial charge in [-0.05, 0) is 6.42 Å². The summed E-state index contributed by atoms with van der Waals surface area (Å²) in [5.74, 6) is 1.05. The largest absolute Gasteiger partial charge is 0.349 e. The summed E-state index contributed by atoms with van der Waals surface area (Å²) in [7, 11) is 0. The minimum absolute atomic E-state index is 0.284. The van der Waals surface area contributed by atoms with Gasteiger partial charge in [0.15, 0.2) is 11.0 Å². The highest BCUT2D eigenvalue weighted by atomic mass is 35.5. The first-order chi connectivity index (χ1) is 7.75. The van der Waals surface area contributed by atoms with Gasteiger partial charge in [-0.1, -0.05) is 11.6 Å². The summed E-state index contributed by atoms with van der Waals surface area (Å²) in [6.07, 6.45) is 1.63. The molecule has 3 heterocycles. The smallest absolute Gasteiger partial charge is 0.223 e. The standard InChI is InChI=1S/C9H11ClN4OS/c10-8-9(12-16-11-8)13-3-4-14-6(5-13)1-2-7(14)15/h6H,1-5H2. The van der Waals surface area contributed by atoms with Crippen LogP contribution in [-0.2, 0) is 4.79 Å². The minimum atomic E-state index is 0.284. The van der Waals surface area contributed by atoms with Crippen LogP contribution in [0.2, 0.25) is 5.15 Å². The van der Waals surface area contributed by atoms with E-state index in [1.54, 1.807) is 0 Å². The Kier molecular flexibility index (Phi) is 2.48. The molecule has 16 heavy (non-hydrogen) atoms. The van der Waals surface area contributed by atoms with E-state index in [-0.39, 0.29) is 5.91 Å². The van der Waals surface area contributed by atoms with Crippen molar-refractivity contribution in [1.29, 1.82) is 0 Å². The van der Waals surface area contributed by atoms with Crippen LogP contribution in [0.25, 0.3) is 0 Å². The maximum atomic E-state index is 11.5. The number of carbonyl (C=O) groups is 1. The number of halogens is 1. The number of hydrogen-bond donors (Lipinski definition) is 0. The monoisotopic (exact) mass is 258 g/mol. The lowest BCUT2D eigenvalue weighted by Crippen LogP contribution is -2.51. The van der Waals surface area contributed by atoms with E-state index in [0.717, 1.165) is 43.6 Å². The second-order valence-corrected chi connectivity index (χ2v) is 4.99. The summed E-state index contributed by atoms with van der Waals surface area (Å²) in [6, 6.07) is 0.332. The fourth-order valence-electron chi connectivity index (χ4n) is 2.42. The van der Waals surface area contributed by atoms with E-state index in [4.69, 9.17) is 11.6 Å². The quantitative estimate of drug-likeness (QED) is 0.754. The van der Waals surface area contributed by atoms with Gasteiger partial charge in [0, 0.05) is 32.1 Å². The van der Waals surface area contributed by atoms with Crippen molar-refractivity contribution in [3.63, 3.8) is 0 Å². The van der Waals surface area contributed by atoms with Gasteiger partial charge in [0.1, 0.15) is 0 Å². The van der Waals surface area contributed by atoms with E-state index in [1.165, 1.54) is 0 Å². The van der Waals surface area contributed by atoms with Crippen molar-refractivity contribution in [3.05, 3.63) is 5.15 Å². The number of piperazine rings is 1. The Morgan fingerprint density at radius 2 is 2.25 bits per heavy atom. The zero-order valence-corrected chi connectivity index (χ0v) is 10.2. The van der Waals surface area contributed by atoms with Crippen LogP contribution < -0.4 is 4.90 Å². The van der Waals surface area contributed by atoms with Gasteiger partial charge in [-0.15, -0.1) is 0 Å². The molecule has 0 bridgehead atoms. The molecular formula is C9H11ClN4OS. The fraction of sp³-hybridized carbons (Fsp3) is 0.667. The van der Waals surface area contributed by atoms with Gasteiger partial charge >= 0.3 is 0 Å². The molecule has 1 aromatic rings. The third-order valence-electron chi connectivity index (χ3n) is 3.23. The first kappa shape index (κ1) is 10.3. The average molecular weight is 259 g/mol. The molecule has 0 spiro atoms. The number of nitrogens with zero attached hydrogens (tertiary/aromatic N) is 4. The molecular weight excluding hydrogens is 248 g/mol. The number of carbonyl (C=O) groups excluding carboxylic acids is 1. The van der Waals surface area contributed by atoms with Gasteiger partial charge in [0.25, 0.3) is 0 Å². The van der Waals surface area contributed by atoms with Gasteiger partial charge in [0.2, 0.25) is 5.91 Å². The summed E-state index contributed by atoms with van der Waals surface area (Å²) < 4.78 is 8.16. The Morgan fingerprint density at radius 1 is 1.38 bits per heavy atom. The molecule has 1 atom stereocenters. The van der Waals surface area contributed by atoms with E-state index < -0.39 is 0 Å². The molecule has 0 saturated carbocycles. The molecule has 2 saturated heterocycles. The van der Waals surface area contributed by atoms with Crippen molar-refractivity contribution in [2.45, 2.75) is 18.9 Å². The van der Waals surface area contributed by atoms with Gasteiger partial charge in [-0.2, -0.15) is 8.75 Å². The van der Waals surface area contributed by atoms with E-state index in [9.17, 15) is 4.79 Å². The van der Waals surface area contributed by atoms with Crippen LogP contribution in [0.5, 0.6) is 0 Å². The lowest BCUT2D eigenvalue weighted by atomic mass is 10.1. The first-order valence-electron chi connectivity index (χ1n) is 5.28. The van der Waals surface area contributed by atoms with E-state index in [2.05, 4.69) is 13.6 Å². The predicted octanol–water partition coefficient (Wildman–Crippen LogP) is 1.00. The Balaban J connectivity index is 1.78. The molecule has 5 nitrogen and oxygen atoms in total. The normalized spacial score (nSPS) is 25.1. The van der Waals surface area contributed by atoms with Gasteiger partial charge < -0.3 is 9.80 Å². The SMILES string of the molecule is O=C1CCC2CN(c3nsnc3Cl)CCN12. The minimum Gasteiger partial charge on any atom is -0.349 e. The number of anilines is 1. The highest BCUT2D eigenvalue weighted by Gasteiger charge is 2.36. The van der Waals surface area contributed by atoms with Crippen LogP contribution in [0, 0.1) is 0 Å². The maximum absolute atomic E-state index is 11.5. The zero-order chi connectivity index (χ0) is 11.1. The van der Waals surface area contributed by atoms with Gasteiger partial charge in [0.05, 0.1) is 11.7 Å². The van der Waals surface area contributed by atoms with Crippen LogP contribution in [0.3, 0.4) is 0 Å². The third kappa shape index (κ3) is 1.56. The van der Waals surface area contributed by atoms with Crippen LogP contribution in [0.15, 0.2) is 0 Å². The third-order valence-corrected chi connectivity index (χ3v) is 4.10. The van der Waals surface area contributed by atoms with Crippen molar-refractivity contribution in [2.75, 3.05) is 24.5 Å². The molecule has 3 rings (SSSR count). The number of aromatic nitrogens is 2. The second kappa shape index (κ2) is 3.85. The first-order valence-corrected chi connectivity index (χ1v) is 6.39. The van der Waals surface area contributed by atoms with Gasteiger partial charge in [-0.25, -0.2) is 0 Å². The van der Waals surface area contributed by atoms with Crippen molar-refractivity contribution in [2.24, 2.45) is 0 Å². The molecule has 0 radical (unpaired) electrons. The van der Waals surface area contributed by atoms with E-state index in [1.807, 2.05) is 4.90 Å². The summed E-state index contributed by atoms with van der Waals surface area (Å²) in [5.41, 5.74) is 0. The fourth-order valence-corrected chi connectivity index (χ4v) is 3.20. The molecule has 86 valence electrons. The number of rotatable bonds is 1. The molecule has 2 aliphatic rings. The van der Waals surface area contributed by atoms with Crippen LogP contribution in [0.1, 0.15) is 12.8 Å². The van der Waals surface area contributed by atoms with E-state index >= 15 is 0 Å². The van der Waals surface area contributed by atoms with Gasteiger partial charge in [-0.3, -0.25) is 4.79 Å². The zero-order valence-electron chi connectivity index (χ0n) is 8.60. The molecule has 0 aromatic carbocycles. The summed E-state index contributed by atoms with van der Waals surface area (Å²) in [4.78, 5) is 15.6. The van der Waals surface area contributed by atoms with Crippen molar-refractivity contribution in [1.82, 2.24) is 13.6 Å². The Hall–Kier alpha value is -0.880. The number of amides is 1.